The van der Waals surface area contributed by atoms with Crippen molar-refractivity contribution < 1.29 is 18.7 Å². The zero-order valence-corrected chi connectivity index (χ0v) is 14.3. The molecule has 6 nitrogen and oxygen atoms in total. The van der Waals surface area contributed by atoms with Crippen LogP contribution in [0.5, 0.6) is 0 Å². The third-order valence-corrected chi connectivity index (χ3v) is 4.78. The maximum absolute atomic E-state index is 13.8. The quantitative estimate of drug-likeness (QED) is 0.866. The van der Waals surface area contributed by atoms with Gasteiger partial charge in [-0.2, -0.15) is 5.10 Å². The zero-order chi connectivity index (χ0) is 18.3. The number of aliphatic hydroxyl groups is 1. The van der Waals surface area contributed by atoms with Gasteiger partial charge in [-0.15, -0.1) is 0 Å². The van der Waals surface area contributed by atoms with Crippen LogP contribution in [0.4, 0.5) is 14.5 Å². The third kappa shape index (κ3) is 3.24. The van der Waals surface area contributed by atoms with Crippen LogP contribution in [-0.2, 0) is 11.8 Å². The maximum atomic E-state index is 13.8. The van der Waals surface area contributed by atoms with Gasteiger partial charge in [-0.1, -0.05) is 17.7 Å². The van der Waals surface area contributed by atoms with Crippen LogP contribution in [0.3, 0.4) is 0 Å². The zero-order valence-electron chi connectivity index (χ0n) is 13.6. The van der Waals surface area contributed by atoms with E-state index in [9.17, 15) is 18.7 Å². The average Bonchev–Trinajstić information content (AvgIpc) is 3.04. The highest BCUT2D eigenvalue weighted by molar-refractivity contribution is 6.29. The number of aromatic nitrogens is 2. The first-order valence-corrected chi connectivity index (χ1v) is 8.00. The lowest BCUT2D eigenvalue weighted by atomic mass is 9.91. The van der Waals surface area contributed by atoms with Gasteiger partial charge in [-0.3, -0.25) is 14.4 Å². The average molecular weight is 371 g/mol. The number of amides is 1. The number of hydrogen-bond acceptors (Lipinski definition) is 4. The van der Waals surface area contributed by atoms with Gasteiger partial charge in [0.1, 0.15) is 11.4 Å². The number of aryl methyl sites for hydroxylation is 1. The minimum absolute atomic E-state index is 0.274. The second-order valence-electron chi connectivity index (χ2n) is 6.09. The highest BCUT2D eigenvalue weighted by atomic mass is 35.5. The number of carbonyl (C=O) groups is 1. The molecule has 1 aliphatic heterocycles. The van der Waals surface area contributed by atoms with Gasteiger partial charge in [-0.25, -0.2) is 8.78 Å². The number of nitrogens with one attached hydrogen (secondary N) is 1. The van der Waals surface area contributed by atoms with Crippen LogP contribution in [0.25, 0.3) is 0 Å². The first-order chi connectivity index (χ1) is 11.8. The van der Waals surface area contributed by atoms with Crippen molar-refractivity contribution in [2.75, 3.05) is 18.9 Å². The Kier molecular flexibility index (Phi) is 4.77. The normalized spacial score (nSPS) is 23.8. The van der Waals surface area contributed by atoms with Gasteiger partial charge < -0.3 is 10.4 Å². The van der Waals surface area contributed by atoms with E-state index in [1.54, 1.807) is 25.1 Å². The van der Waals surface area contributed by atoms with Gasteiger partial charge in [0.15, 0.2) is 11.6 Å². The van der Waals surface area contributed by atoms with E-state index in [2.05, 4.69) is 10.4 Å². The standard InChI is InChI=1S/C16H17ClF2N4O2/c1-22-7-8(11-6-12(17)23(2)21-11)13(16(22)25)15(24)20-10-5-3-4-9(18)14(10)19/h3-6,8,13,16,25H,7H2,1-2H3,(H,20,24)/t8-,13+,16?/m1/s1. The summed E-state index contributed by atoms with van der Waals surface area (Å²) in [6, 6.07) is 5.14. The Morgan fingerprint density at radius 1 is 1.40 bits per heavy atom. The van der Waals surface area contributed by atoms with Crippen LogP contribution in [0.2, 0.25) is 5.15 Å². The molecule has 2 heterocycles. The van der Waals surface area contributed by atoms with Crippen molar-refractivity contribution in [2.45, 2.75) is 12.1 Å². The lowest BCUT2D eigenvalue weighted by Gasteiger charge is -2.20. The number of anilines is 1. The predicted molar refractivity (Wildman–Crippen MR) is 88.1 cm³/mol. The van der Waals surface area contributed by atoms with E-state index in [0.29, 0.717) is 17.4 Å². The maximum Gasteiger partial charge on any atom is 0.232 e. The number of nitrogens with zero attached hydrogens (tertiary/aromatic N) is 3. The van der Waals surface area contributed by atoms with Crippen LogP contribution in [0.15, 0.2) is 24.3 Å². The Morgan fingerprint density at radius 3 is 2.76 bits per heavy atom. The fraction of sp³-hybridized carbons (Fsp3) is 0.375. The van der Waals surface area contributed by atoms with E-state index in [0.717, 1.165) is 6.07 Å². The third-order valence-electron chi connectivity index (χ3n) is 4.42. The summed E-state index contributed by atoms with van der Waals surface area (Å²) in [5.41, 5.74) is 0.278. The molecule has 134 valence electrons. The SMILES string of the molecule is CN1C[C@H](c2cc(Cl)n(C)n2)[C@@H](C(=O)Nc2cccc(F)c2F)C1O. The molecule has 25 heavy (non-hydrogen) atoms. The molecule has 0 radical (unpaired) electrons. The van der Waals surface area contributed by atoms with Crippen molar-refractivity contribution in [1.29, 1.82) is 0 Å². The van der Waals surface area contributed by atoms with Crippen molar-refractivity contribution in [3.63, 3.8) is 0 Å². The van der Waals surface area contributed by atoms with Gasteiger partial charge in [0, 0.05) is 19.5 Å². The molecule has 3 rings (SSSR count). The van der Waals surface area contributed by atoms with Gasteiger partial charge in [0.25, 0.3) is 0 Å². The molecule has 9 heteroatoms. The molecule has 1 unspecified atom stereocenters. The fourth-order valence-corrected chi connectivity index (χ4v) is 3.22. The first kappa shape index (κ1) is 17.8. The fourth-order valence-electron chi connectivity index (χ4n) is 3.07. The molecule has 0 aliphatic carbocycles. The van der Waals surface area contributed by atoms with E-state index in [4.69, 9.17) is 11.6 Å². The van der Waals surface area contributed by atoms with Gasteiger partial charge in [0.2, 0.25) is 5.91 Å². The second-order valence-corrected chi connectivity index (χ2v) is 6.48. The summed E-state index contributed by atoms with van der Waals surface area (Å²) in [6.07, 6.45) is -1.08. The number of likely N-dealkylation sites (N-methyl/N-ethyl adjacent to an activating group) is 1. The molecule has 1 aromatic heterocycles. The van der Waals surface area contributed by atoms with Gasteiger partial charge in [0.05, 0.1) is 17.3 Å². The highest BCUT2D eigenvalue weighted by Gasteiger charge is 2.45. The molecule has 0 spiro atoms. The molecule has 1 fully saturated rings. The van der Waals surface area contributed by atoms with Crippen LogP contribution in [0.1, 0.15) is 11.6 Å². The lowest BCUT2D eigenvalue weighted by molar-refractivity contribution is -0.124. The Balaban J connectivity index is 1.89. The van der Waals surface area contributed by atoms with E-state index < -0.39 is 35.6 Å². The summed E-state index contributed by atoms with van der Waals surface area (Å²) in [5, 5.41) is 17.4. The Hall–Kier alpha value is -2.03. The molecule has 2 N–H and O–H groups in total. The molecule has 0 saturated carbocycles. The molecule has 1 aliphatic rings. The largest absolute Gasteiger partial charge is 0.378 e. The molecule has 0 bridgehead atoms. The minimum atomic E-state index is -1.14. The van der Waals surface area contributed by atoms with Gasteiger partial charge in [-0.05, 0) is 25.2 Å². The summed E-state index contributed by atoms with van der Waals surface area (Å²) in [4.78, 5) is 14.3. The summed E-state index contributed by atoms with van der Waals surface area (Å²) in [6.45, 7) is 0.373. The van der Waals surface area contributed by atoms with Crippen LogP contribution in [-0.4, -0.2) is 45.5 Å². The summed E-state index contributed by atoms with van der Waals surface area (Å²) in [7, 11) is 3.33. The van der Waals surface area contributed by atoms with Crippen molar-refractivity contribution in [1.82, 2.24) is 14.7 Å². The summed E-state index contributed by atoms with van der Waals surface area (Å²) in [5.74, 6) is -4.16. The molecule has 3 atom stereocenters. The number of likely N-dealkylation sites (tertiary alicyclic amines) is 1. The summed E-state index contributed by atoms with van der Waals surface area (Å²) < 4.78 is 28.6. The molecule has 1 saturated heterocycles. The summed E-state index contributed by atoms with van der Waals surface area (Å²) >= 11 is 6.01. The van der Waals surface area contributed by atoms with Crippen molar-refractivity contribution in [3.8, 4) is 0 Å². The lowest BCUT2D eigenvalue weighted by Crippen LogP contribution is -2.36. The molecular formula is C16H17ClF2N4O2. The van der Waals surface area contributed by atoms with Crippen molar-refractivity contribution in [3.05, 3.63) is 46.7 Å². The number of aliphatic hydroxyl groups excluding tert-OH is 1. The molecular weight excluding hydrogens is 354 g/mol. The monoisotopic (exact) mass is 370 g/mol. The predicted octanol–water partition coefficient (Wildman–Crippen LogP) is 1.95. The highest BCUT2D eigenvalue weighted by Crippen LogP contribution is 2.36. The van der Waals surface area contributed by atoms with Crippen LogP contribution in [0, 0.1) is 17.6 Å². The Morgan fingerprint density at radius 2 is 2.12 bits per heavy atom. The van der Waals surface area contributed by atoms with E-state index in [1.165, 1.54) is 16.8 Å². The number of hydrogen-bond donors (Lipinski definition) is 2. The first-order valence-electron chi connectivity index (χ1n) is 7.62. The molecule has 1 amide bonds. The van der Waals surface area contributed by atoms with Crippen molar-refractivity contribution >= 4 is 23.2 Å². The van der Waals surface area contributed by atoms with E-state index in [-0.39, 0.29) is 5.69 Å². The Labute approximate surface area is 148 Å². The Bertz CT molecular complexity index is 794. The molecule has 2 aromatic rings. The topological polar surface area (TPSA) is 70.4 Å². The number of carbonyl (C=O) groups excluding carboxylic acids is 1. The van der Waals surface area contributed by atoms with Gasteiger partial charge >= 0.3 is 0 Å². The van der Waals surface area contributed by atoms with E-state index in [1.807, 2.05) is 0 Å². The second kappa shape index (κ2) is 6.70. The molecule has 1 aromatic carbocycles. The van der Waals surface area contributed by atoms with Crippen molar-refractivity contribution in [2.24, 2.45) is 13.0 Å². The van der Waals surface area contributed by atoms with Crippen LogP contribution >= 0.6 is 11.6 Å². The van der Waals surface area contributed by atoms with Crippen LogP contribution < -0.4 is 5.32 Å². The minimum Gasteiger partial charge on any atom is -0.378 e. The smallest absolute Gasteiger partial charge is 0.232 e. The number of benzene rings is 1. The van der Waals surface area contributed by atoms with E-state index >= 15 is 0 Å². The number of rotatable bonds is 3. The number of halogens is 3.